The number of ether oxygens (including phenoxy) is 4. The highest BCUT2D eigenvalue weighted by molar-refractivity contribution is 7.47. The monoisotopic (exact) mass is 1390 g/mol. The van der Waals surface area contributed by atoms with Crippen LogP contribution in [0, 0.1) is 17.8 Å². The third kappa shape index (κ3) is 68.5. The molecule has 0 aliphatic heterocycles. The van der Waals surface area contributed by atoms with Crippen molar-refractivity contribution < 1.29 is 80.2 Å². The van der Waals surface area contributed by atoms with Crippen LogP contribution in [0.2, 0.25) is 0 Å². The van der Waals surface area contributed by atoms with E-state index >= 15 is 0 Å². The lowest BCUT2D eigenvalue weighted by Gasteiger charge is -2.21. The van der Waals surface area contributed by atoms with Crippen molar-refractivity contribution in [1.82, 2.24) is 0 Å². The largest absolute Gasteiger partial charge is 0.472 e. The number of allylic oxidation sites excluding steroid dienone is 4. The van der Waals surface area contributed by atoms with Gasteiger partial charge in [0.15, 0.2) is 12.2 Å². The summed E-state index contributed by atoms with van der Waals surface area (Å²) in [5.41, 5.74) is 0. The number of rotatable bonds is 72. The van der Waals surface area contributed by atoms with Crippen molar-refractivity contribution in [2.24, 2.45) is 17.8 Å². The molecule has 0 saturated carbocycles. The van der Waals surface area contributed by atoms with Crippen LogP contribution in [0.15, 0.2) is 24.3 Å². The number of unbranched alkanes of at least 4 members (excludes halogenated alkanes) is 36. The fraction of sp³-hybridized carbons (Fsp3) is 0.895. The lowest BCUT2D eigenvalue weighted by Crippen LogP contribution is -2.30. The normalized spacial score (nSPS) is 14.5. The summed E-state index contributed by atoms with van der Waals surface area (Å²) in [5.74, 6) is 0.123. The zero-order valence-corrected chi connectivity index (χ0v) is 63.4. The quantitative estimate of drug-likeness (QED) is 0.0169. The first kappa shape index (κ1) is 92.5. The zero-order valence-electron chi connectivity index (χ0n) is 61.6. The standard InChI is InChI=1S/C76H144O17P2/c1-8-10-11-12-13-14-15-16-18-23-26-29-37-45-52-59-75(80)92-72(64-87-74(79)58-51-44-39-32-34-41-48-55-68(5)6)66-91-95(84,85)89-62-70(77)61-88-94(82,83)90-65-71(93-76(81)60-53-46-38-31-30-35-42-49-56-69(7)9-2)63-86-73(78)57-50-43-36-28-25-22-20-17-19-21-24-27-33-40-47-54-67(3)4/h14-16,18,67-72,77H,8-13,17,19-66H2,1-7H3,(H,82,83)(H,84,85)/b15-14-,18-16-/t69?,70?,71-,72-/m1/s1. The average molecular weight is 1390 g/mol. The third-order valence-electron chi connectivity index (χ3n) is 17.4. The van der Waals surface area contributed by atoms with Gasteiger partial charge in [0.2, 0.25) is 0 Å². The lowest BCUT2D eigenvalue weighted by atomic mass is 9.99. The highest BCUT2D eigenvalue weighted by Crippen LogP contribution is 2.45. The second-order valence-corrected chi connectivity index (χ2v) is 30.8. The van der Waals surface area contributed by atoms with Crippen LogP contribution in [0.3, 0.4) is 0 Å². The van der Waals surface area contributed by atoms with Gasteiger partial charge >= 0.3 is 39.5 Å². The molecule has 0 aliphatic carbocycles. The first-order chi connectivity index (χ1) is 45.8. The van der Waals surface area contributed by atoms with Gasteiger partial charge in [0.1, 0.15) is 19.3 Å². The van der Waals surface area contributed by atoms with E-state index in [4.69, 9.17) is 37.0 Å². The molecule has 17 nitrogen and oxygen atoms in total. The van der Waals surface area contributed by atoms with Gasteiger partial charge in [0.05, 0.1) is 26.4 Å². The minimum Gasteiger partial charge on any atom is -0.462 e. The Bertz CT molecular complexity index is 1950. The SMILES string of the molecule is CCCCCC/C=C\C=C/CCCCCCCC(=O)O[C@H](COC(=O)CCCCCCCCCC(C)C)COP(=O)(O)OCC(O)COP(=O)(O)OC[C@@H](COC(=O)CCCCCCCCCCCCCCCCCC(C)C)OC(=O)CCCCCCCCCCC(C)CC. The second kappa shape index (κ2) is 66.1. The second-order valence-electron chi connectivity index (χ2n) is 27.9. The van der Waals surface area contributed by atoms with Crippen molar-refractivity contribution in [2.45, 2.75) is 381 Å². The highest BCUT2D eigenvalue weighted by Gasteiger charge is 2.30. The molecule has 0 heterocycles. The minimum absolute atomic E-state index is 0.0839. The van der Waals surface area contributed by atoms with E-state index in [0.717, 1.165) is 121 Å². The van der Waals surface area contributed by atoms with E-state index in [-0.39, 0.29) is 25.7 Å². The molecule has 0 aromatic rings. The molecule has 0 aromatic heterocycles. The van der Waals surface area contributed by atoms with Gasteiger partial charge in [-0.3, -0.25) is 37.3 Å². The third-order valence-corrected chi connectivity index (χ3v) is 19.3. The van der Waals surface area contributed by atoms with Gasteiger partial charge in [-0.15, -0.1) is 0 Å². The smallest absolute Gasteiger partial charge is 0.462 e. The van der Waals surface area contributed by atoms with Crippen LogP contribution in [-0.4, -0.2) is 96.7 Å². The van der Waals surface area contributed by atoms with E-state index in [1.165, 1.54) is 154 Å². The van der Waals surface area contributed by atoms with Crippen LogP contribution >= 0.6 is 15.6 Å². The molecule has 0 bridgehead atoms. The Labute approximate surface area is 580 Å². The predicted octanol–water partition coefficient (Wildman–Crippen LogP) is 21.7. The Morgan fingerprint density at radius 2 is 0.621 bits per heavy atom. The van der Waals surface area contributed by atoms with Crippen LogP contribution in [-0.2, 0) is 65.4 Å². The van der Waals surface area contributed by atoms with Gasteiger partial charge in [-0.2, -0.15) is 0 Å². The Kier molecular flexibility index (Phi) is 64.4. The molecule has 19 heteroatoms. The molecule has 0 radical (unpaired) electrons. The Morgan fingerprint density at radius 1 is 0.347 bits per heavy atom. The predicted molar refractivity (Wildman–Crippen MR) is 386 cm³/mol. The molecule has 560 valence electrons. The number of phosphoric ester groups is 2. The van der Waals surface area contributed by atoms with Gasteiger partial charge in [-0.05, 0) is 69.1 Å². The summed E-state index contributed by atoms with van der Waals surface area (Å²) < 4.78 is 68.4. The minimum atomic E-state index is -4.96. The van der Waals surface area contributed by atoms with E-state index in [9.17, 15) is 43.2 Å². The number of carbonyl (C=O) groups excluding carboxylic acids is 4. The molecule has 95 heavy (non-hydrogen) atoms. The summed E-state index contributed by atoms with van der Waals surface area (Å²) in [5, 5.41) is 10.6. The summed E-state index contributed by atoms with van der Waals surface area (Å²) in [4.78, 5) is 72.8. The van der Waals surface area contributed by atoms with Gasteiger partial charge in [0.25, 0.3) is 0 Å². The molecule has 0 spiro atoms. The molecule has 0 aliphatic rings. The summed E-state index contributed by atoms with van der Waals surface area (Å²) in [6.07, 6.45) is 55.0. The number of aliphatic hydroxyl groups excluding tert-OH is 1. The fourth-order valence-corrected chi connectivity index (χ4v) is 12.6. The molecule has 0 rings (SSSR count). The number of esters is 4. The van der Waals surface area contributed by atoms with Gasteiger partial charge < -0.3 is 33.8 Å². The van der Waals surface area contributed by atoms with Crippen LogP contribution < -0.4 is 0 Å². The van der Waals surface area contributed by atoms with E-state index in [0.29, 0.717) is 31.6 Å². The first-order valence-electron chi connectivity index (χ1n) is 38.7. The number of hydrogen-bond acceptors (Lipinski definition) is 15. The van der Waals surface area contributed by atoms with Crippen molar-refractivity contribution in [3.8, 4) is 0 Å². The molecule has 0 saturated heterocycles. The van der Waals surface area contributed by atoms with Crippen molar-refractivity contribution in [1.29, 1.82) is 0 Å². The van der Waals surface area contributed by atoms with E-state index in [1.807, 2.05) is 0 Å². The van der Waals surface area contributed by atoms with Crippen LogP contribution in [0.4, 0.5) is 0 Å². The number of hydrogen-bond donors (Lipinski definition) is 3. The maximum Gasteiger partial charge on any atom is 0.472 e. The first-order valence-corrected chi connectivity index (χ1v) is 41.7. The van der Waals surface area contributed by atoms with Crippen molar-refractivity contribution >= 4 is 39.5 Å². The van der Waals surface area contributed by atoms with Crippen molar-refractivity contribution in [3.05, 3.63) is 24.3 Å². The number of carbonyl (C=O) groups is 4. The van der Waals surface area contributed by atoms with Gasteiger partial charge in [-0.1, -0.05) is 310 Å². The molecular weight excluding hydrogens is 1250 g/mol. The summed E-state index contributed by atoms with van der Waals surface area (Å²) in [6.45, 7) is 11.8. The Morgan fingerprint density at radius 3 is 0.937 bits per heavy atom. The molecular formula is C76H144O17P2. The molecule has 0 amide bonds. The number of phosphoric acid groups is 2. The topological polar surface area (TPSA) is 237 Å². The molecule has 4 unspecified atom stereocenters. The zero-order chi connectivity index (χ0) is 70.1. The molecule has 0 aromatic carbocycles. The summed E-state index contributed by atoms with van der Waals surface area (Å²) in [7, 11) is -9.92. The van der Waals surface area contributed by atoms with Crippen LogP contribution in [0.1, 0.15) is 363 Å². The van der Waals surface area contributed by atoms with Crippen LogP contribution in [0.5, 0.6) is 0 Å². The Hall–Kier alpha value is -2.46. The maximum absolute atomic E-state index is 13.1. The molecule has 3 N–H and O–H groups in total. The lowest BCUT2D eigenvalue weighted by molar-refractivity contribution is -0.161. The van der Waals surface area contributed by atoms with E-state index in [2.05, 4.69) is 72.8 Å². The van der Waals surface area contributed by atoms with Crippen molar-refractivity contribution in [3.63, 3.8) is 0 Å². The summed E-state index contributed by atoms with van der Waals surface area (Å²) in [6, 6.07) is 0. The molecule has 0 fully saturated rings. The van der Waals surface area contributed by atoms with E-state index in [1.54, 1.807) is 0 Å². The average Bonchev–Trinajstić information content (AvgIpc) is 2.67. The maximum atomic E-state index is 13.1. The fourth-order valence-electron chi connectivity index (χ4n) is 11.0. The molecule has 6 atom stereocenters. The highest BCUT2D eigenvalue weighted by atomic mass is 31.2. The van der Waals surface area contributed by atoms with E-state index < -0.39 is 97.5 Å². The summed E-state index contributed by atoms with van der Waals surface area (Å²) >= 11 is 0. The van der Waals surface area contributed by atoms with Crippen LogP contribution in [0.25, 0.3) is 0 Å². The Balaban J connectivity index is 5.26. The van der Waals surface area contributed by atoms with Gasteiger partial charge in [-0.25, -0.2) is 9.13 Å². The van der Waals surface area contributed by atoms with Gasteiger partial charge in [0, 0.05) is 25.7 Å². The number of aliphatic hydroxyl groups is 1. The van der Waals surface area contributed by atoms with Crippen molar-refractivity contribution in [2.75, 3.05) is 39.6 Å².